The summed E-state index contributed by atoms with van der Waals surface area (Å²) in [6.45, 7) is 3.06. The molecule has 1 aromatic carbocycles. The molecule has 25 heavy (non-hydrogen) atoms. The second-order valence-electron chi connectivity index (χ2n) is 6.38. The molecule has 134 valence electrons. The lowest BCUT2D eigenvalue weighted by Gasteiger charge is -2.21. The van der Waals surface area contributed by atoms with Gasteiger partial charge < -0.3 is 10.2 Å². The first kappa shape index (κ1) is 19.7. The number of nitrogens with one attached hydrogen (secondary N) is 1. The summed E-state index contributed by atoms with van der Waals surface area (Å²) in [5, 5.41) is 3.49. The fourth-order valence-corrected chi connectivity index (χ4v) is 3.34. The molecule has 1 aliphatic heterocycles. The number of pyridine rings is 1. The van der Waals surface area contributed by atoms with Crippen molar-refractivity contribution in [2.24, 2.45) is 10.9 Å². The molecule has 0 saturated carbocycles. The zero-order valence-corrected chi connectivity index (χ0v) is 17.1. The number of likely N-dealkylation sites (tertiary alicyclic amines) is 1. The Bertz CT molecular complexity index is 645. The van der Waals surface area contributed by atoms with E-state index >= 15 is 0 Å². The Kier molecular flexibility index (Phi) is 8.18. The van der Waals surface area contributed by atoms with Crippen LogP contribution in [0, 0.1) is 5.92 Å². The Morgan fingerprint density at radius 2 is 2.00 bits per heavy atom. The summed E-state index contributed by atoms with van der Waals surface area (Å²) in [6.07, 6.45) is 7.10. The molecule has 1 fully saturated rings. The van der Waals surface area contributed by atoms with Gasteiger partial charge in [0.2, 0.25) is 0 Å². The number of benzene rings is 1. The molecule has 1 unspecified atom stereocenters. The number of hydrogen-bond donors (Lipinski definition) is 1. The Morgan fingerprint density at radius 1 is 1.20 bits per heavy atom. The molecular formula is C20H27IN4. The van der Waals surface area contributed by atoms with Gasteiger partial charge in [0.05, 0.1) is 0 Å². The van der Waals surface area contributed by atoms with E-state index in [0.717, 1.165) is 38.4 Å². The van der Waals surface area contributed by atoms with E-state index in [1.54, 1.807) is 0 Å². The van der Waals surface area contributed by atoms with Gasteiger partial charge in [-0.25, -0.2) is 0 Å². The van der Waals surface area contributed by atoms with E-state index in [4.69, 9.17) is 0 Å². The molecule has 1 aliphatic rings. The number of halogens is 1. The third kappa shape index (κ3) is 5.99. The van der Waals surface area contributed by atoms with Crippen LogP contribution in [0.3, 0.4) is 0 Å². The Balaban J connectivity index is 0.00000225. The average molecular weight is 450 g/mol. The first-order valence-corrected chi connectivity index (χ1v) is 8.73. The Hall–Kier alpha value is -1.63. The fraction of sp³-hybridized carbons (Fsp3) is 0.400. The van der Waals surface area contributed by atoms with Crippen LogP contribution >= 0.6 is 24.0 Å². The quantitative estimate of drug-likeness (QED) is 0.432. The molecule has 1 N–H and O–H groups in total. The van der Waals surface area contributed by atoms with Crippen LogP contribution in [-0.2, 0) is 12.8 Å². The molecule has 4 nitrogen and oxygen atoms in total. The molecule has 0 amide bonds. The van der Waals surface area contributed by atoms with Crippen molar-refractivity contribution in [3.05, 3.63) is 66.0 Å². The summed E-state index contributed by atoms with van der Waals surface area (Å²) < 4.78 is 0. The maximum absolute atomic E-state index is 4.46. The minimum Gasteiger partial charge on any atom is -0.356 e. The number of rotatable bonds is 5. The van der Waals surface area contributed by atoms with Gasteiger partial charge in [0, 0.05) is 39.1 Å². The Labute approximate surface area is 167 Å². The molecular weight excluding hydrogens is 423 g/mol. The lowest BCUT2D eigenvalue weighted by molar-refractivity contribution is 0.460. The van der Waals surface area contributed by atoms with E-state index in [9.17, 15) is 0 Å². The van der Waals surface area contributed by atoms with Gasteiger partial charge in [-0.3, -0.25) is 9.98 Å². The van der Waals surface area contributed by atoms with Crippen LogP contribution < -0.4 is 5.32 Å². The van der Waals surface area contributed by atoms with E-state index < -0.39 is 0 Å². The number of guanidine groups is 1. The third-order valence-electron chi connectivity index (χ3n) is 4.58. The minimum absolute atomic E-state index is 0. The summed E-state index contributed by atoms with van der Waals surface area (Å²) in [4.78, 5) is 11.0. The number of nitrogens with zero attached hydrogens (tertiary/aromatic N) is 3. The van der Waals surface area contributed by atoms with Gasteiger partial charge in [-0.2, -0.15) is 0 Å². The van der Waals surface area contributed by atoms with Crippen LogP contribution in [0.1, 0.15) is 17.5 Å². The standard InChI is InChI=1S/C20H26N4.HI/c1-21-20(23-12-9-18-8-5-11-22-15-18)24-13-10-19(16-24)14-17-6-3-2-4-7-17;/h2-8,11,15,19H,9-10,12-14,16H2,1H3,(H,21,23);1H. The topological polar surface area (TPSA) is 40.5 Å². The highest BCUT2D eigenvalue weighted by molar-refractivity contribution is 14.0. The minimum atomic E-state index is 0. The molecule has 1 aromatic heterocycles. The van der Waals surface area contributed by atoms with Crippen molar-refractivity contribution in [1.82, 2.24) is 15.2 Å². The van der Waals surface area contributed by atoms with E-state index in [1.165, 1.54) is 17.5 Å². The second-order valence-corrected chi connectivity index (χ2v) is 6.38. The van der Waals surface area contributed by atoms with Gasteiger partial charge >= 0.3 is 0 Å². The van der Waals surface area contributed by atoms with Crippen molar-refractivity contribution in [3.63, 3.8) is 0 Å². The number of hydrogen-bond acceptors (Lipinski definition) is 2. The molecule has 2 heterocycles. The van der Waals surface area contributed by atoms with Crippen molar-refractivity contribution in [2.75, 3.05) is 26.7 Å². The van der Waals surface area contributed by atoms with Gasteiger partial charge in [-0.15, -0.1) is 24.0 Å². The van der Waals surface area contributed by atoms with Crippen LogP contribution in [-0.4, -0.2) is 42.5 Å². The molecule has 1 saturated heterocycles. The lowest BCUT2D eigenvalue weighted by Crippen LogP contribution is -2.41. The molecule has 0 bridgehead atoms. The summed E-state index contributed by atoms with van der Waals surface area (Å²) in [6, 6.07) is 14.9. The fourth-order valence-electron chi connectivity index (χ4n) is 3.34. The van der Waals surface area contributed by atoms with Crippen LogP contribution in [0.15, 0.2) is 59.9 Å². The monoisotopic (exact) mass is 450 g/mol. The molecule has 0 spiro atoms. The van der Waals surface area contributed by atoms with Crippen molar-refractivity contribution in [3.8, 4) is 0 Å². The highest BCUT2D eigenvalue weighted by Crippen LogP contribution is 2.20. The summed E-state index contributed by atoms with van der Waals surface area (Å²) in [7, 11) is 1.87. The zero-order chi connectivity index (χ0) is 16.6. The van der Waals surface area contributed by atoms with Gasteiger partial charge in [-0.1, -0.05) is 36.4 Å². The lowest BCUT2D eigenvalue weighted by atomic mass is 9.99. The van der Waals surface area contributed by atoms with Crippen LogP contribution in [0.25, 0.3) is 0 Å². The van der Waals surface area contributed by atoms with Crippen molar-refractivity contribution >= 4 is 29.9 Å². The smallest absolute Gasteiger partial charge is 0.193 e. The predicted molar refractivity (Wildman–Crippen MR) is 115 cm³/mol. The van der Waals surface area contributed by atoms with Crippen molar-refractivity contribution in [2.45, 2.75) is 19.3 Å². The number of aromatic nitrogens is 1. The summed E-state index contributed by atoms with van der Waals surface area (Å²) >= 11 is 0. The molecule has 0 aliphatic carbocycles. The largest absolute Gasteiger partial charge is 0.356 e. The molecule has 3 rings (SSSR count). The predicted octanol–water partition coefficient (Wildman–Crippen LogP) is 3.38. The normalized spacial score (nSPS) is 17.2. The molecule has 0 radical (unpaired) electrons. The van der Waals surface area contributed by atoms with Crippen LogP contribution in [0.5, 0.6) is 0 Å². The van der Waals surface area contributed by atoms with Gasteiger partial charge in [0.25, 0.3) is 0 Å². The molecule has 2 aromatic rings. The summed E-state index contributed by atoms with van der Waals surface area (Å²) in [5.41, 5.74) is 2.69. The summed E-state index contributed by atoms with van der Waals surface area (Å²) in [5.74, 6) is 1.73. The first-order chi connectivity index (χ1) is 11.8. The molecule has 5 heteroatoms. The van der Waals surface area contributed by atoms with Crippen molar-refractivity contribution < 1.29 is 0 Å². The van der Waals surface area contributed by atoms with Gasteiger partial charge in [0.15, 0.2) is 5.96 Å². The van der Waals surface area contributed by atoms with Gasteiger partial charge in [-0.05, 0) is 42.4 Å². The second kappa shape index (κ2) is 10.4. The van der Waals surface area contributed by atoms with E-state index in [-0.39, 0.29) is 24.0 Å². The van der Waals surface area contributed by atoms with Crippen LogP contribution in [0.4, 0.5) is 0 Å². The third-order valence-corrected chi connectivity index (χ3v) is 4.58. The maximum Gasteiger partial charge on any atom is 0.193 e. The average Bonchev–Trinajstić information content (AvgIpc) is 3.09. The Morgan fingerprint density at radius 3 is 2.72 bits per heavy atom. The van der Waals surface area contributed by atoms with Gasteiger partial charge in [0.1, 0.15) is 0 Å². The first-order valence-electron chi connectivity index (χ1n) is 8.73. The van der Waals surface area contributed by atoms with Crippen LogP contribution in [0.2, 0.25) is 0 Å². The number of aliphatic imine (C=N–C) groups is 1. The van der Waals surface area contributed by atoms with E-state index in [0.29, 0.717) is 5.92 Å². The van der Waals surface area contributed by atoms with E-state index in [1.807, 2.05) is 25.5 Å². The van der Waals surface area contributed by atoms with Crippen molar-refractivity contribution in [1.29, 1.82) is 0 Å². The highest BCUT2D eigenvalue weighted by atomic mass is 127. The molecule has 1 atom stereocenters. The maximum atomic E-state index is 4.46. The van der Waals surface area contributed by atoms with E-state index in [2.05, 4.69) is 56.6 Å². The SMILES string of the molecule is CN=C(NCCc1cccnc1)N1CCC(Cc2ccccc2)C1.I. The highest BCUT2D eigenvalue weighted by Gasteiger charge is 2.24. The zero-order valence-electron chi connectivity index (χ0n) is 14.8.